The summed E-state index contributed by atoms with van der Waals surface area (Å²) in [5.41, 5.74) is 0. The molecule has 2 N–H and O–H groups in total. The van der Waals surface area contributed by atoms with Crippen molar-refractivity contribution in [1.29, 1.82) is 0 Å². The van der Waals surface area contributed by atoms with Crippen molar-refractivity contribution in [3.63, 3.8) is 0 Å². The number of halogens is 1. The lowest BCUT2D eigenvalue weighted by Crippen LogP contribution is -2.45. The van der Waals surface area contributed by atoms with Crippen LogP contribution in [0.5, 0.6) is 0 Å². The number of aromatic nitrogens is 2. The molecule has 82 valence electrons. The van der Waals surface area contributed by atoms with E-state index in [0.29, 0.717) is 17.0 Å². The van der Waals surface area contributed by atoms with Crippen molar-refractivity contribution in [1.82, 2.24) is 15.3 Å². The smallest absolute Gasteiger partial charge is 0.149 e. The van der Waals surface area contributed by atoms with Gasteiger partial charge in [-0.25, -0.2) is 4.98 Å². The first-order valence-corrected chi connectivity index (χ1v) is 5.25. The zero-order valence-electron chi connectivity index (χ0n) is 8.24. The minimum Gasteiger partial charge on any atom is -0.378 e. The van der Waals surface area contributed by atoms with Gasteiger partial charge in [-0.15, -0.1) is 0 Å². The molecule has 0 saturated carbocycles. The Balaban J connectivity index is 1.81. The van der Waals surface area contributed by atoms with Gasteiger partial charge in [-0.3, -0.25) is 4.98 Å². The molecule has 0 aromatic carbocycles. The van der Waals surface area contributed by atoms with Crippen LogP contribution in [-0.2, 0) is 4.74 Å². The van der Waals surface area contributed by atoms with Gasteiger partial charge in [0.1, 0.15) is 11.0 Å². The van der Waals surface area contributed by atoms with Crippen molar-refractivity contribution >= 4 is 17.4 Å². The Bertz CT molecular complexity index is 317. The normalized spacial score (nSPS) is 21.3. The highest BCUT2D eigenvalue weighted by Crippen LogP contribution is 2.06. The molecule has 1 atom stereocenters. The first-order chi connectivity index (χ1) is 7.34. The third kappa shape index (κ3) is 3.30. The highest BCUT2D eigenvalue weighted by Gasteiger charge is 2.12. The molecular formula is C9H13ClN4O. The first kappa shape index (κ1) is 10.6. The van der Waals surface area contributed by atoms with Crippen LogP contribution in [0.3, 0.4) is 0 Å². The molecular weight excluding hydrogens is 216 g/mol. The average molecular weight is 229 g/mol. The fourth-order valence-electron chi connectivity index (χ4n) is 1.41. The van der Waals surface area contributed by atoms with Gasteiger partial charge in [-0.2, -0.15) is 0 Å². The SMILES string of the molecule is Clc1cncc(NCC2COCCN2)n1. The zero-order valence-corrected chi connectivity index (χ0v) is 9.00. The van der Waals surface area contributed by atoms with Gasteiger partial charge in [0.2, 0.25) is 0 Å². The van der Waals surface area contributed by atoms with Crippen molar-refractivity contribution < 1.29 is 4.74 Å². The quantitative estimate of drug-likeness (QED) is 0.791. The van der Waals surface area contributed by atoms with Gasteiger partial charge < -0.3 is 15.4 Å². The van der Waals surface area contributed by atoms with E-state index in [9.17, 15) is 0 Å². The minimum absolute atomic E-state index is 0.319. The molecule has 1 unspecified atom stereocenters. The lowest BCUT2D eigenvalue weighted by molar-refractivity contribution is 0.0806. The first-order valence-electron chi connectivity index (χ1n) is 4.87. The van der Waals surface area contributed by atoms with E-state index in [0.717, 1.165) is 26.3 Å². The summed E-state index contributed by atoms with van der Waals surface area (Å²) in [6.07, 6.45) is 3.16. The molecule has 1 aromatic rings. The number of hydrogen-bond donors (Lipinski definition) is 2. The van der Waals surface area contributed by atoms with E-state index in [1.54, 1.807) is 6.20 Å². The maximum Gasteiger partial charge on any atom is 0.149 e. The fraction of sp³-hybridized carbons (Fsp3) is 0.556. The molecule has 1 saturated heterocycles. The molecule has 0 amide bonds. The number of nitrogens with zero attached hydrogens (tertiary/aromatic N) is 2. The summed E-state index contributed by atoms with van der Waals surface area (Å²) in [5, 5.41) is 6.89. The number of morpholine rings is 1. The molecule has 2 heterocycles. The average Bonchev–Trinajstić information content (AvgIpc) is 2.28. The molecule has 1 aliphatic heterocycles. The summed E-state index contributed by atoms with van der Waals surface area (Å²) in [6.45, 7) is 3.16. The van der Waals surface area contributed by atoms with Gasteiger partial charge in [0.25, 0.3) is 0 Å². The summed E-state index contributed by atoms with van der Waals surface area (Å²) in [4.78, 5) is 8.02. The summed E-state index contributed by atoms with van der Waals surface area (Å²) in [7, 11) is 0. The van der Waals surface area contributed by atoms with E-state index in [1.807, 2.05) is 0 Å². The van der Waals surface area contributed by atoms with E-state index in [4.69, 9.17) is 16.3 Å². The second-order valence-corrected chi connectivity index (χ2v) is 3.72. The van der Waals surface area contributed by atoms with Crippen molar-refractivity contribution in [3.8, 4) is 0 Å². The number of hydrogen-bond acceptors (Lipinski definition) is 5. The lowest BCUT2D eigenvalue weighted by Gasteiger charge is -2.24. The van der Waals surface area contributed by atoms with Gasteiger partial charge in [0.15, 0.2) is 0 Å². The van der Waals surface area contributed by atoms with Crippen LogP contribution in [0, 0.1) is 0 Å². The van der Waals surface area contributed by atoms with Crippen molar-refractivity contribution in [2.75, 3.05) is 31.6 Å². The second-order valence-electron chi connectivity index (χ2n) is 3.33. The zero-order chi connectivity index (χ0) is 10.5. The Morgan fingerprint density at radius 3 is 3.27 bits per heavy atom. The summed E-state index contributed by atoms with van der Waals surface area (Å²) >= 11 is 5.71. The third-order valence-electron chi connectivity index (χ3n) is 2.13. The largest absolute Gasteiger partial charge is 0.378 e. The van der Waals surface area contributed by atoms with Crippen LogP contribution in [0.25, 0.3) is 0 Å². The molecule has 1 aliphatic rings. The van der Waals surface area contributed by atoms with Gasteiger partial charge in [-0.1, -0.05) is 11.6 Å². The standard InChI is InChI=1S/C9H13ClN4O/c10-8-4-11-5-9(14-8)13-3-7-6-15-2-1-12-7/h4-5,7,12H,1-3,6H2,(H,13,14). The van der Waals surface area contributed by atoms with Crippen LogP contribution < -0.4 is 10.6 Å². The summed E-state index contributed by atoms with van der Waals surface area (Å²) in [5.74, 6) is 0.690. The Morgan fingerprint density at radius 2 is 2.53 bits per heavy atom. The van der Waals surface area contributed by atoms with E-state index >= 15 is 0 Å². The molecule has 0 aliphatic carbocycles. The molecule has 0 radical (unpaired) electrons. The monoisotopic (exact) mass is 228 g/mol. The number of rotatable bonds is 3. The van der Waals surface area contributed by atoms with Gasteiger partial charge >= 0.3 is 0 Å². The summed E-state index contributed by atoms with van der Waals surface area (Å²) < 4.78 is 5.33. The van der Waals surface area contributed by atoms with Gasteiger partial charge in [-0.05, 0) is 0 Å². The highest BCUT2D eigenvalue weighted by atomic mass is 35.5. The van der Waals surface area contributed by atoms with Crippen molar-refractivity contribution in [3.05, 3.63) is 17.5 Å². The number of nitrogens with one attached hydrogen (secondary N) is 2. The van der Waals surface area contributed by atoms with E-state index in [1.165, 1.54) is 6.20 Å². The molecule has 0 spiro atoms. The van der Waals surface area contributed by atoms with Crippen LogP contribution in [0.1, 0.15) is 0 Å². The molecule has 2 rings (SSSR count). The fourth-order valence-corrected chi connectivity index (χ4v) is 1.55. The maximum absolute atomic E-state index is 5.71. The van der Waals surface area contributed by atoms with Crippen LogP contribution in [0.4, 0.5) is 5.82 Å². The third-order valence-corrected chi connectivity index (χ3v) is 2.32. The van der Waals surface area contributed by atoms with Crippen molar-refractivity contribution in [2.45, 2.75) is 6.04 Å². The molecule has 0 bridgehead atoms. The van der Waals surface area contributed by atoms with E-state index in [2.05, 4.69) is 20.6 Å². The number of anilines is 1. The molecule has 15 heavy (non-hydrogen) atoms. The Hall–Kier alpha value is -0.910. The van der Waals surface area contributed by atoms with E-state index < -0.39 is 0 Å². The maximum atomic E-state index is 5.71. The van der Waals surface area contributed by atoms with Crippen LogP contribution in [0.15, 0.2) is 12.4 Å². The van der Waals surface area contributed by atoms with Gasteiger partial charge in [0.05, 0.1) is 25.6 Å². The predicted octanol–water partition coefficient (Wildman–Crippen LogP) is 0.530. The van der Waals surface area contributed by atoms with Crippen LogP contribution >= 0.6 is 11.6 Å². The molecule has 5 nitrogen and oxygen atoms in total. The van der Waals surface area contributed by atoms with Gasteiger partial charge in [0, 0.05) is 19.1 Å². The number of ether oxygens (including phenoxy) is 1. The molecule has 1 aromatic heterocycles. The second kappa shape index (κ2) is 5.25. The summed E-state index contributed by atoms with van der Waals surface area (Å²) in [6, 6.07) is 0.319. The Labute approximate surface area is 93.2 Å². The van der Waals surface area contributed by atoms with Crippen molar-refractivity contribution in [2.24, 2.45) is 0 Å². The Morgan fingerprint density at radius 1 is 1.60 bits per heavy atom. The van der Waals surface area contributed by atoms with Crippen LogP contribution in [0.2, 0.25) is 5.15 Å². The lowest BCUT2D eigenvalue weighted by atomic mass is 10.3. The minimum atomic E-state index is 0.319. The molecule has 6 heteroatoms. The predicted molar refractivity (Wildman–Crippen MR) is 58.1 cm³/mol. The Kier molecular flexibility index (Phi) is 3.71. The van der Waals surface area contributed by atoms with E-state index in [-0.39, 0.29) is 0 Å². The topological polar surface area (TPSA) is 59.1 Å². The van der Waals surface area contributed by atoms with Crippen LogP contribution in [-0.4, -0.2) is 42.3 Å². The molecule has 1 fully saturated rings. The highest BCUT2D eigenvalue weighted by molar-refractivity contribution is 6.29.